The van der Waals surface area contributed by atoms with Crippen LogP contribution in [0.5, 0.6) is 0 Å². The summed E-state index contributed by atoms with van der Waals surface area (Å²) in [6.45, 7) is 2.00. The molecule has 1 fully saturated rings. The van der Waals surface area contributed by atoms with Gasteiger partial charge < -0.3 is 5.32 Å². The average Bonchev–Trinajstić information content (AvgIpc) is 2.84. The number of carbonyl (C=O) groups is 1. The number of para-hydroxylation sites is 1. The summed E-state index contributed by atoms with van der Waals surface area (Å²) >= 11 is 4.76. The van der Waals surface area contributed by atoms with E-state index in [0.29, 0.717) is 10.1 Å². The van der Waals surface area contributed by atoms with Crippen molar-refractivity contribution in [3.8, 4) is 0 Å². The summed E-state index contributed by atoms with van der Waals surface area (Å²) in [7, 11) is 0. The van der Waals surface area contributed by atoms with Gasteiger partial charge >= 0.3 is 0 Å². The number of amidine groups is 1. The number of nitrogens with one attached hydrogen (secondary N) is 1. The van der Waals surface area contributed by atoms with Crippen LogP contribution in [-0.2, 0) is 4.79 Å². The predicted molar refractivity (Wildman–Crippen MR) is 96.1 cm³/mol. The number of thioether (sulfide) groups is 1. The van der Waals surface area contributed by atoms with Gasteiger partial charge in [0, 0.05) is 4.47 Å². The van der Waals surface area contributed by atoms with E-state index < -0.39 is 0 Å². The first-order valence-corrected chi connectivity index (χ1v) is 8.33. The van der Waals surface area contributed by atoms with Gasteiger partial charge in [0.25, 0.3) is 5.91 Å². The number of carbonyl (C=O) groups excluding carboxylic acids is 1. The molecule has 0 bridgehead atoms. The number of benzene rings is 2. The Balaban J connectivity index is 1.84. The Bertz CT molecular complexity index is 782. The molecule has 5 heteroatoms. The molecule has 110 valence electrons. The first kappa shape index (κ1) is 15.1. The monoisotopic (exact) mass is 372 g/mol. The van der Waals surface area contributed by atoms with Gasteiger partial charge in [-0.1, -0.05) is 46.3 Å². The molecule has 2 aromatic carbocycles. The second kappa shape index (κ2) is 6.50. The third-order valence-electron chi connectivity index (χ3n) is 3.16. The molecule has 1 saturated heterocycles. The Morgan fingerprint density at radius 1 is 1.14 bits per heavy atom. The molecular weight excluding hydrogens is 360 g/mol. The summed E-state index contributed by atoms with van der Waals surface area (Å²) < 4.78 is 1.01. The van der Waals surface area contributed by atoms with Crippen LogP contribution in [-0.4, -0.2) is 11.1 Å². The molecule has 0 unspecified atom stereocenters. The Hall–Kier alpha value is -1.85. The number of nitrogens with zero attached hydrogens (tertiary/aromatic N) is 1. The molecule has 1 aliphatic rings. The van der Waals surface area contributed by atoms with E-state index >= 15 is 0 Å². The van der Waals surface area contributed by atoms with Gasteiger partial charge in [0.1, 0.15) is 0 Å². The molecule has 0 aromatic heterocycles. The second-order valence-corrected chi connectivity index (χ2v) is 6.77. The fraction of sp³-hybridized carbons (Fsp3) is 0.0588. The lowest BCUT2D eigenvalue weighted by Gasteiger charge is -1.99. The molecule has 1 heterocycles. The highest BCUT2D eigenvalue weighted by Crippen LogP contribution is 2.29. The van der Waals surface area contributed by atoms with Crippen LogP contribution in [0.3, 0.4) is 0 Å². The van der Waals surface area contributed by atoms with Gasteiger partial charge in [-0.15, -0.1) is 0 Å². The van der Waals surface area contributed by atoms with Gasteiger partial charge in [0.2, 0.25) is 0 Å². The first-order valence-electron chi connectivity index (χ1n) is 6.72. The third-order valence-corrected chi connectivity index (χ3v) is 4.59. The molecule has 0 spiro atoms. The van der Waals surface area contributed by atoms with Gasteiger partial charge in [0.05, 0.1) is 10.6 Å². The SMILES string of the molecule is Cc1ccccc1N=C1NC(=O)C(=Cc2ccc(Br)cc2)S1. The molecule has 1 N–H and O–H groups in total. The number of rotatable bonds is 2. The first-order chi connectivity index (χ1) is 10.6. The summed E-state index contributed by atoms with van der Waals surface area (Å²) in [6.07, 6.45) is 1.87. The topological polar surface area (TPSA) is 41.5 Å². The van der Waals surface area contributed by atoms with Crippen molar-refractivity contribution in [2.75, 3.05) is 0 Å². The standard InChI is InChI=1S/C17H13BrN2OS/c1-11-4-2-3-5-14(11)19-17-20-16(21)15(22-17)10-12-6-8-13(18)9-7-12/h2-10H,1H3,(H,19,20,21). The molecule has 2 aromatic rings. The molecule has 3 nitrogen and oxygen atoms in total. The Morgan fingerprint density at radius 2 is 1.86 bits per heavy atom. The zero-order valence-corrected chi connectivity index (χ0v) is 14.2. The number of halogens is 1. The van der Waals surface area contributed by atoms with E-state index in [1.165, 1.54) is 11.8 Å². The van der Waals surface area contributed by atoms with Crippen molar-refractivity contribution in [1.82, 2.24) is 5.32 Å². The molecule has 3 rings (SSSR count). The van der Waals surface area contributed by atoms with Crippen LogP contribution in [0.2, 0.25) is 0 Å². The van der Waals surface area contributed by atoms with E-state index in [-0.39, 0.29) is 5.91 Å². The van der Waals surface area contributed by atoms with Crippen molar-refractivity contribution in [3.63, 3.8) is 0 Å². The fourth-order valence-electron chi connectivity index (χ4n) is 1.99. The van der Waals surface area contributed by atoms with Crippen LogP contribution in [0.15, 0.2) is 62.9 Å². The molecule has 1 amide bonds. The summed E-state index contributed by atoms with van der Waals surface area (Å²) in [4.78, 5) is 17.2. The van der Waals surface area contributed by atoms with E-state index in [0.717, 1.165) is 21.3 Å². The number of amides is 1. The lowest BCUT2D eigenvalue weighted by atomic mass is 10.2. The van der Waals surface area contributed by atoms with Gasteiger partial charge in [-0.05, 0) is 54.1 Å². The third kappa shape index (κ3) is 3.48. The molecule has 0 radical (unpaired) electrons. The Morgan fingerprint density at radius 3 is 2.59 bits per heavy atom. The van der Waals surface area contributed by atoms with Crippen molar-refractivity contribution in [2.24, 2.45) is 4.99 Å². The number of hydrogen-bond acceptors (Lipinski definition) is 3. The molecule has 0 aliphatic carbocycles. The molecule has 0 atom stereocenters. The number of hydrogen-bond donors (Lipinski definition) is 1. The van der Waals surface area contributed by atoms with Crippen LogP contribution >= 0.6 is 27.7 Å². The lowest BCUT2D eigenvalue weighted by Crippen LogP contribution is -2.19. The fourth-order valence-corrected chi connectivity index (χ4v) is 3.09. The second-order valence-electron chi connectivity index (χ2n) is 4.82. The van der Waals surface area contributed by atoms with Crippen LogP contribution < -0.4 is 5.32 Å². The largest absolute Gasteiger partial charge is 0.300 e. The van der Waals surface area contributed by atoms with Crippen molar-refractivity contribution in [2.45, 2.75) is 6.92 Å². The molecule has 1 aliphatic heterocycles. The van der Waals surface area contributed by atoms with Crippen molar-refractivity contribution in [3.05, 3.63) is 69.0 Å². The van der Waals surface area contributed by atoms with Crippen molar-refractivity contribution < 1.29 is 4.79 Å². The molecule has 22 heavy (non-hydrogen) atoms. The minimum atomic E-state index is -0.111. The van der Waals surface area contributed by atoms with Crippen LogP contribution in [0.4, 0.5) is 5.69 Å². The summed E-state index contributed by atoms with van der Waals surface area (Å²) in [5.41, 5.74) is 2.93. The number of aryl methyl sites for hydroxylation is 1. The van der Waals surface area contributed by atoms with Crippen LogP contribution in [0.25, 0.3) is 6.08 Å². The summed E-state index contributed by atoms with van der Waals surface area (Å²) in [6, 6.07) is 15.7. The van der Waals surface area contributed by atoms with E-state index in [1.54, 1.807) is 0 Å². The van der Waals surface area contributed by atoms with E-state index in [1.807, 2.05) is 61.5 Å². The molecule has 0 saturated carbocycles. The quantitative estimate of drug-likeness (QED) is 0.779. The highest BCUT2D eigenvalue weighted by Gasteiger charge is 2.23. The zero-order valence-electron chi connectivity index (χ0n) is 11.8. The maximum absolute atomic E-state index is 12.0. The maximum Gasteiger partial charge on any atom is 0.264 e. The summed E-state index contributed by atoms with van der Waals surface area (Å²) in [5, 5.41) is 3.42. The van der Waals surface area contributed by atoms with E-state index in [2.05, 4.69) is 26.2 Å². The van der Waals surface area contributed by atoms with Crippen LogP contribution in [0.1, 0.15) is 11.1 Å². The normalized spacial score (nSPS) is 18.0. The minimum Gasteiger partial charge on any atom is -0.300 e. The van der Waals surface area contributed by atoms with E-state index in [4.69, 9.17) is 0 Å². The minimum absolute atomic E-state index is 0.111. The Labute approximate surface area is 141 Å². The Kier molecular flexibility index (Phi) is 4.45. The van der Waals surface area contributed by atoms with Crippen molar-refractivity contribution >= 4 is 50.5 Å². The molecular formula is C17H13BrN2OS. The maximum atomic E-state index is 12.0. The smallest absolute Gasteiger partial charge is 0.264 e. The predicted octanol–water partition coefficient (Wildman–Crippen LogP) is 4.65. The summed E-state index contributed by atoms with van der Waals surface area (Å²) in [5.74, 6) is -0.111. The highest BCUT2D eigenvalue weighted by atomic mass is 79.9. The zero-order chi connectivity index (χ0) is 15.5. The van der Waals surface area contributed by atoms with Gasteiger partial charge in [-0.25, -0.2) is 4.99 Å². The highest BCUT2D eigenvalue weighted by molar-refractivity contribution is 9.10. The van der Waals surface area contributed by atoms with Gasteiger partial charge in [0.15, 0.2) is 5.17 Å². The number of aliphatic imine (C=N–C) groups is 1. The van der Waals surface area contributed by atoms with Crippen molar-refractivity contribution in [1.29, 1.82) is 0 Å². The van der Waals surface area contributed by atoms with Crippen LogP contribution in [0, 0.1) is 6.92 Å². The lowest BCUT2D eigenvalue weighted by molar-refractivity contribution is -0.115. The van der Waals surface area contributed by atoms with E-state index in [9.17, 15) is 4.79 Å². The van der Waals surface area contributed by atoms with Gasteiger partial charge in [-0.2, -0.15) is 0 Å². The average molecular weight is 373 g/mol. The van der Waals surface area contributed by atoms with Gasteiger partial charge in [-0.3, -0.25) is 4.79 Å².